The van der Waals surface area contributed by atoms with Crippen LogP contribution in [-0.4, -0.2) is 10.8 Å². The summed E-state index contributed by atoms with van der Waals surface area (Å²) in [6.07, 6.45) is 1.24. The van der Waals surface area contributed by atoms with E-state index in [1.165, 1.54) is 18.2 Å². The van der Waals surface area contributed by atoms with Crippen LogP contribution in [0.3, 0.4) is 0 Å². The lowest BCUT2D eigenvalue weighted by Crippen LogP contribution is -2.03. The fourth-order valence-corrected chi connectivity index (χ4v) is 2.98. The second kappa shape index (κ2) is 7.13. The molecule has 3 rings (SSSR count). The van der Waals surface area contributed by atoms with Crippen LogP contribution in [-0.2, 0) is 6.18 Å². The highest BCUT2D eigenvalue weighted by Gasteiger charge is 2.30. The fourth-order valence-electron chi connectivity index (χ4n) is 2.18. The molecule has 2 aromatic carbocycles. The van der Waals surface area contributed by atoms with Crippen LogP contribution in [0.2, 0.25) is 0 Å². The highest BCUT2D eigenvalue weighted by atomic mass is 32.1. The maximum absolute atomic E-state index is 12.6. The van der Waals surface area contributed by atoms with Gasteiger partial charge in [0.25, 0.3) is 0 Å². The van der Waals surface area contributed by atoms with Crippen molar-refractivity contribution in [1.82, 2.24) is 4.98 Å². The molecule has 0 fully saturated rings. The minimum atomic E-state index is -4.39. The van der Waals surface area contributed by atoms with Crippen molar-refractivity contribution in [1.29, 1.82) is 0 Å². The van der Waals surface area contributed by atoms with Crippen molar-refractivity contribution < 1.29 is 18.0 Å². The Balaban J connectivity index is 1.76. The lowest BCUT2D eigenvalue weighted by Gasteiger charge is -2.06. The van der Waals surface area contributed by atoms with Crippen molar-refractivity contribution in [2.45, 2.75) is 6.18 Å². The van der Waals surface area contributed by atoms with Crippen LogP contribution >= 0.6 is 11.3 Å². The van der Waals surface area contributed by atoms with E-state index in [0.29, 0.717) is 16.3 Å². The number of hydrogen-bond donors (Lipinski definition) is 1. The molecule has 0 saturated heterocycles. The summed E-state index contributed by atoms with van der Waals surface area (Å²) in [6.45, 7) is 0. The zero-order chi connectivity index (χ0) is 18.7. The van der Waals surface area contributed by atoms with Crippen molar-refractivity contribution in [2.24, 2.45) is 0 Å². The quantitative estimate of drug-likeness (QED) is 0.393. The lowest BCUT2D eigenvalue weighted by atomic mass is 10.1. The van der Waals surface area contributed by atoms with Crippen LogP contribution in [0.25, 0.3) is 16.6 Å². The fraction of sp³-hybridized carbons (Fsp3) is 0.0526. The molecule has 0 unspecified atom stereocenters. The summed E-state index contributed by atoms with van der Waals surface area (Å²) in [5, 5.41) is 0.430. The molecule has 0 atom stereocenters. The maximum atomic E-state index is 12.6. The number of nitrogens with zero attached hydrogens (tertiary/aromatic N) is 1. The summed E-state index contributed by atoms with van der Waals surface area (Å²) in [6, 6.07) is 11.7. The molecule has 0 saturated carbocycles. The zero-order valence-corrected chi connectivity index (χ0v) is 14.1. The number of anilines is 1. The van der Waals surface area contributed by atoms with Gasteiger partial charge in [-0.1, -0.05) is 30.3 Å². The molecule has 0 aliphatic carbocycles. The van der Waals surface area contributed by atoms with E-state index in [1.54, 1.807) is 24.3 Å². The first-order valence-corrected chi connectivity index (χ1v) is 8.29. The van der Waals surface area contributed by atoms with E-state index < -0.39 is 11.7 Å². The normalized spacial score (nSPS) is 11.8. The van der Waals surface area contributed by atoms with Gasteiger partial charge >= 0.3 is 6.18 Å². The van der Waals surface area contributed by atoms with Crippen molar-refractivity contribution in [3.63, 3.8) is 0 Å². The third kappa shape index (κ3) is 4.18. The molecule has 1 heterocycles. The van der Waals surface area contributed by atoms with Crippen LogP contribution in [0.1, 0.15) is 20.8 Å². The van der Waals surface area contributed by atoms with Crippen LogP contribution in [0.5, 0.6) is 0 Å². The van der Waals surface area contributed by atoms with E-state index in [9.17, 15) is 18.0 Å². The molecule has 3 aromatic rings. The van der Waals surface area contributed by atoms with Crippen molar-refractivity contribution in [2.75, 3.05) is 5.73 Å². The second-order valence-corrected chi connectivity index (χ2v) is 6.40. The number of halogens is 3. The predicted octanol–water partition coefficient (Wildman–Crippen LogP) is 5.11. The topological polar surface area (TPSA) is 56.0 Å². The Morgan fingerprint density at radius 3 is 2.54 bits per heavy atom. The van der Waals surface area contributed by atoms with Crippen molar-refractivity contribution in [3.8, 4) is 10.6 Å². The SMILES string of the molecule is Nc1cccc(C=CC(=O)c2[c]nc(-c3ccc(C(F)(F)F)cc3)s2)c1. The Morgan fingerprint density at radius 2 is 1.88 bits per heavy atom. The molecule has 0 amide bonds. The number of carbonyl (C=O) groups excluding carboxylic acids is 1. The van der Waals surface area contributed by atoms with Crippen LogP contribution in [0, 0.1) is 6.20 Å². The van der Waals surface area contributed by atoms with Crippen LogP contribution < -0.4 is 5.73 Å². The van der Waals surface area contributed by atoms with E-state index in [4.69, 9.17) is 5.73 Å². The number of alkyl halides is 3. The van der Waals surface area contributed by atoms with Crippen molar-refractivity contribution in [3.05, 3.63) is 76.8 Å². The molecule has 0 bridgehead atoms. The summed E-state index contributed by atoms with van der Waals surface area (Å²) in [4.78, 5) is 16.5. The first-order valence-electron chi connectivity index (χ1n) is 7.47. The number of aromatic nitrogens is 1. The van der Waals surface area contributed by atoms with Gasteiger partial charge in [0.05, 0.1) is 5.56 Å². The number of thiazole rings is 1. The van der Waals surface area contributed by atoms with E-state index in [2.05, 4.69) is 11.2 Å². The highest BCUT2D eigenvalue weighted by Crippen LogP contribution is 2.32. The summed E-state index contributed by atoms with van der Waals surface area (Å²) < 4.78 is 37.8. The summed E-state index contributed by atoms with van der Waals surface area (Å²) in [5.41, 5.74) is 6.82. The Morgan fingerprint density at radius 1 is 1.15 bits per heavy atom. The minimum Gasteiger partial charge on any atom is -0.399 e. The number of nitrogen functional groups attached to an aromatic ring is 1. The Kier molecular flexibility index (Phi) is 4.90. The first kappa shape index (κ1) is 17.9. The molecule has 1 aromatic heterocycles. The molecule has 131 valence electrons. The van der Waals surface area contributed by atoms with Gasteiger partial charge in [-0.3, -0.25) is 4.79 Å². The average Bonchev–Trinajstić information content (AvgIpc) is 3.09. The van der Waals surface area contributed by atoms with Gasteiger partial charge in [0.1, 0.15) is 16.1 Å². The Labute approximate surface area is 151 Å². The van der Waals surface area contributed by atoms with Gasteiger partial charge < -0.3 is 5.73 Å². The number of allylic oxidation sites excluding steroid dienone is 1. The van der Waals surface area contributed by atoms with E-state index in [1.807, 2.05) is 6.07 Å². The molecule has 26 heavy (non-hydrogen) atoms. The van der Waals surface area contributed by atoms with Gasteiger partial charge in [-0.05, 0) is 35.9 Å². The molecule has 2 N–H and O–H groups in total. The van der Waals surface area contributed by atoms with E-state index in [-0.39, 0.29) is 10.7 Å². The molecule has 7 heteroatoms. The van der Waals surface area contributed by atoms with Gasteiger partial charge in [-0.25, -0.2) is 4.98 Å². The largest absolute Gasteiger partial charge is 0.416 e. The summed E-state index contributed by atoms with van der Waals surface area (Å²) >= 11 is 1.07. The number of benzene rings is 2. The standard InChI is InChI=1S/C19H12F3N2OS/c20-19(21,22)14-7-5-13(6-8-14)18-24-11-17(26-18)16(25)9-4-12-2-1-3-15(23)10-12/h1-10H,23H2. The number of rotatable bonds is 4. The summed E-state index contributed by atoms with van der Waals surface area (Å²) in [7, 11) is 0. The third-order valence-electron chi connectivity index (χ3n) is 3.48. The highest BCUT2D eigenvalue weighted by molar-refractivity contribution is 7.17. The number of nitrogens with two attached hydrogens (primary N) is 1. The number of hydrogen-bond acceptors (Lipinski definition) is 4. The molecule has 0 spiro atoms. The maximum Gasteiger partial charge on any atom is 0.416 e. The Bertz CT molecular complexity index is 959. The van der Waals surface area contributed by atoms with Gasteiger partial charge in [0.15, 0.2) is 5.78 Å². The lowest BCUT2D eigenvalue weighted by molar-refractivity contribution is -0.137. The zero-order valence-electron chi connectivity index (χ0n) is 13.2. The van der Waals surface area contributed by atoms with Gasteiger partial charge in [0, 0.05) is 11.3 Å². The minimum absolute atomic E-state index is 0.278. The molecular weight excluding hydrogens is 361 g/mol. The van der Waals surface area contributed by atoms with Gasteiger partial charge in [-0.15, -0.1) is 11.3 Å². The molecule has 0 aliphatic rings. The van der Waals surface area contributed by atoms with Crippen LogP contribution in [0.15, 0.2) is 54.6 Å². The van der Waals surface area contributed by atoms with Gasteiger partial charge in [-0.2, -0.15) is 13.2 Å². The Hall–Kier alpha value is -2.93. The van der Waals surface area contributed by atoms with Crippen molar-refractivity contribution >= 4 is 28.9 Å². The molecular formula is C19H12F3N2OS. The second-order valence-electron chi connectivity index (χ2n) is 5.40. The van der Waals surface area contributed by atoms with Crippen LogP contribution in [0.4, 0.5) is 18.9 Å². The monoisotopic (exact) mass is 373 g/mol. The van der Waals surface area contributed by atoms with E-state index in [0.717, 1.165) is 29.0 Å². The van der Waals surface area contributed by atoms with Gasteiger partial charge in [0.2, 0.25) is 0 Å². The molecule has 3 nitrogen and oxygen atoms in total. The number of carbonyl (C=O) groups is 1. The average molecular weight is 373 g/mol. The first-order chi connectivity index (χ1) is 12.3. The predicted molar refractivity (Wildman–Crippen MR) is 95.6 cm³/mol. The number of ketones is 1. The third-order valence-corrected chi connectivity index (χ3v) is 4.50. The smallest absolute Gasteiger partial charge is 0.399 e. The van der Waals surface area contributed by atoms with E-state index >= 15 is 0 Å². The molecule has 0 aliphatic heterocycles. The molecule has 1 radical (unpaired) electrons. The summed E-state index contributed by atoms with van der Waals surface area (Å²) in [5.74, 6) is -0.289.